The maximum absolute atomic E-state index is 13.4. The standard InChI is InChI=1S/C21H23F2N5O3/c1-13(31-18-6-4-3-5-17(18)30-2)20(29)27-9-7-14(8-10-27)15-11-16(19(22)23)28-21(26-15)24-12-25-28/h3-6,11-14,19H,7-10H2,1-2H3. The highest BCUT2D eigenvalue weighted by Gasteiger charge is 2.29. The van der Waals surface area contributed by atoms with Crippen molar-refractivity contribution in [3.8, 4) is 11.5 Å². The number of carbonyl (C=O) groups is 1. The van der Waals surface area contributed by atoms with E-state index in [0.717, 1.165) is 4.52 Å². The van der Waals surface area contributed by atoms with Crippen molar-refractivity contribution in [1.29, 1.82) is 0 Å². The average molecular weight is 431 g/mol. The predicted octanol–water partition coefficient (Wildman–Crippen LogP) is 3.24. The molecule has 0 saturated carbocycles. The Morgan fingerprint density at radius 1 is 1.19 bits per heavy atom. The number of nitrogens with zero attached hydrogens (tertiary/aromatic N) is 5. The lowest BCUT2D eigenvalue weighted by molar-refractivity contribution is -0.139. The minimum atomic E-state index is -2.68. The first kappa shape index (κ1) is 21.0. The average Bonchev–Trinajstić information content (AvgIpc) is 3.27. The maximum Gasteiger partial charge on any atom is 0.280 e. The number of amides is 1. The fourth-order valence-electron chi connectivity index (χ4n) is 3.83. The summed E-state index contributed by atoms with van der Waals surface area (Å²) in [6.07, 6.45) is -0.910. The number of benzene rings is 1. The van der Waals surface area contributed by atoms with E-state index >= 15 is 0 Å². The number of alkyl halides is 2. The molecule has 0 aliphatic carbocycles. The molecule has 0 radical (unpaired) electrons. The van der Waals surface area contributed by atoms with Gasteiger partial charge in [0, 0.05) is 24.7 Å². The number of halogens is 2. The van der Waals surface area contributed by atoms with Crippen molar-refractivity contribution in [1.82, 2.24) is 24.5 Å². The number of ether oxygens (including phenoxy) is 2. The molecule has 8 nitrogen and oxygen atoms in total. The second-order valence-corrected chi connectivity index (χ2v) is 7.39. The molecule has 31 heavy (non-hydrogen) atoms. The van der Waals surface area contributed by atoms with Crippen LogP contribution in [-0.4, -0.2) is 56.7 Å². The summed E-state index contributed by atoms with van der Waals surface area (Å²) < 4.78 is 39.0. The zero-order chi connectivity index (χ0) is 22.0. The number of aromatic nitrogens is 4. The van der Waals surface area contributed by atoms with E-state index in [9.17, 15) is 13.6 Å². The Balaban J connectivity index is 1.41. The van der Waals surface area contributed by atoms with Crippen molar-refractivity contribution in [2.75, 3.05) is 20.2 Å². The Kier molecular flexibility index (Phi) is 5.97. The van der Waals surface area contributed by atoms with Gasteiger partial charge in [0.25, 0.3) is 18.1 Å². The van der Waals surface area contributed by atoms with Gasteiger partial charge in [0.2, 0.25) is 0 Å². The third-order valence-corrected chi connectivity index (χ3v) is 5.47. The molecule has 1 aliphatic heterocycles. The van der Waals surface area contributed by atoms with Crippen molar-refractivity contribution in [3.05, 3.63) is 48.0 Å². The molecule has 4 rings (SSSR count). The molecule has 1 aliphatic rings. The van der Waals surface area contributed by atoms with Crippen LogP contribution < -0.4 is 9.47 Å². The van der Waals surface area contributed by atoms with E-state index in [2.05, 4.69) is 15.1 Å². The van der Waals surface area contributed by atoms with Crippen molar-refractivity contribution >= 4 is 11.7 Å². The highest BCUT2D eigenvalue weighted by atomic mass is 19.3. The normalized spacial score (nSPS) is 16.0. The molecule has 1 amide bonds. The Morgan fingerprint density at radius 3 is 2.58 bits per heavy atom. The fraction of sp³-hybridized carbons (Fsp3) is 0.429. The summed E-state index contributed by atoms with van der Waals surface area (Å²) in [5, 5.41) is 3.81. The quantitative estimate of drug-likeness (QED) is 0.596. The molecule has 0 N–H and O–H groups in total. The minimum Gasteiger partial charge on any atom is -0.493 e. The highest BCUT2D eigenvalue weighted by Crippen LogP contribution is 2.31. The van der Waals surface area contributed by atoms with Gasteiger partial charge in [-0.05, 0) is 38.0 Å². The van der Waals surface area contributed by atoms with Crippen LogP contribution in [0.15, 0.2) is 36.7 Å². The number of fused-ring (bicyclic) bond motifs is 1. The van der Waals surface area contributed by atoms with Crippen LogP contribution in [0.1, 0.15) is 43.5 Å². The van der Waals surface area contributed by atoms with Crippen LogP contribution in [0.4, 0.5) is 8.78 Å². The van der Waals surface area contributed by atoms with Crippen LogP contribution in [-0.2, 0) is 4.79 Å². The van der Waals surface area contributed by atoms with E-state index in [1.165, 1.54) is 12.4 Å². The Bertz CT molecular complexity index is 1070. The van der Waals surface area contributed by atoms with Gasteiger partial charge in [0.1, 0.15) is 12.0 Å². The SMILES string of the molecule is COc1ccccc1OC(C)C(=O)N1CCC(c2cc(C(F)F)n3ncnc3n2)CC1. The lowest BCUT2D eigenvalue weighted by Crippen LogP contribution is -2.44. The Hall–Kier alpha value is -3.30. The summed E-state index contributed by atoms with van der Waals surface area (Å²) in [6, 6.07) is 8.55. The van der Waals surface area contributed by atoms with Gasteiger partial charge in [-0.25, -0.2) is 13.8 Å². The zero-order valence-corrected chi connectivity index (χ0v) is 17.2. The summed E-state index contributed by atoms with van der Waals surface area (Å²) in [4.78, 5) is 22.9. The maximum atomic E-state index is 13.4. The number of piperidine rings is 1. The number of carbonyl (C=O) groups excluding carboxylic acids is 1. The molecule has 3 heterocycles. The fourth-order valence-corrected chi connectivity index (χ4v) is 3.83. The number of para-hydroxylation sites is 2. The van der Waals surface area contributed by atoms with E-state index in [0.29, 0.717) is 43.1 Å². The summed E-state index contributed by atoms with van der Waals surface area (Å²) >= 11 is 0. The molecule has 0 bridgehead atoms. The van der Waals surface area contributed by atoms with Crippen molar-refractivity contribution in [3.63, 3.8) is 0 Å². The van der Waals surface area contributed by atoms with Crippen LogP contribution in [0.3, 0.4) is 0 Å². The second kappa shape index (κ2) is 8.83. The molecule has 1 atom stereocenters. The third kappa shape index (κ3) is 4.28. The predicted molar refractivity (Wildman–Crippen MR) is 107 cm³/mol. The summed E-state index contributed by atoms with van der Waals surface area (Å²) in [5.41, 5.74) is 0.330. The van der Waals surface area contributed by atoms with Gasteiger partial charge in [-0.1, -0.05) is 12.1 Å². The van der Waals surface area contributed by atoms with Gasteiger partial charge in [-0.2, -0.15) is 14.6 Å². The molecular formula is C21H23F2N5O3. The van der Waals surface area contributed by atoms with E-state index in [-0.39, 0.29) is 23.3 Å². The summed E-state index contributed by atoms with van der Waals surface area (Å²) in [6.45, 7) is 2.69. The molecule has 1 fully saturated rings. The monoisotopic (exact) mass is 431 g/mol. The molecule has 164 valence electrons. The van der Waals surface area contributed by atoms with E-state index in [1.807, 2.05) is 12.1 Å². The molecule has 0 spiro atoms. The van der Waals surface area contributed by atoms with Gasteiger partial charge in [-0.3, -0.25) is 4.79 Å². The third-order valence-electron chi connectivity index (χ3n) is 5.47. The van der Waals surface area contributed by atoms with Gasteiger partial charge in [0.05, 0.1) is 7.11 Å². The minimum absolute atomic E-state index is 0.0336. The van der Waals surface area contributed by atoms with Gasteiger partial charge in [-0.15, -0.1) is 0 Å². The molecule has 3 aromatic rings. The van der Waals surface area contributed by atoms with E-state index in [1.54, 1.807) is 31.1 Å². The molecule has 1 saturated heterocycles. The number of likely N-dealkylation sites (tertiary alicyclic amines) is 1. The van der Waals surface area contributed by atoms with Crippen molar-refractivity contribution in [2.45, 2.75) is 38.2 Å². The number of hydrogen-bond donors (Lipinski definition) is 0. The summed E-state index contributed by atoms with van der Waals surface area (Å²) in [5.74, 6) is 1.06. The Labute approximate surface area is 177 Å². The summed E-state index contributed by atoms with van der Waals surface area (Å²) in [7, 11) is 1.55. The number of hydrogen-bond acceptors (Lipinski definition) is 6. The second-order valence-electron chi connectivity index (χ2n) is 7.39. The van der Waals surface area contributed by atoms with Gasteiger partial charge < -0.3 is 14.4 Å². The first-order valence-corrected chi connectivity index (χ1v) is 10.0. The van der Waals surface area contributed by atoms with Gasteiger partial charge in [0.15, 0.2) is 17.6 Å². The van der Waals surface area contributed by atoms with Crippen molar-refractivity contribution in [2.24, 2.45) is 0 Å². The zero-order valence-electron chi connectivity index (χ0n) is 17.2. The van der Waals surface area contributed by atoms with Crippen molar-refractivity contribution < 1.29 is 23.0 Å². The van der Waals surface area contributed by atoms with E-state index in [4.69, 9.17) is 9.47 Å². The van der Waals surface area contributed by atoms with Crippen LogP contribution in [0, 0.1) is 0 Å². The molecule has 1 unspecified atom stereocenters. The first-order chi connectivity index (χ1) is 15.0. The largest absolute Gasteiger partial charge is 0.493 e. The molecular weight excluding hydrogens is 408 g/mol. The lowest BCUT2D eigenvalue weighted by Gasteiger charge is -2.33. The molecule has 2 aromatic heterocycles. The Morgan fingerprint density at radius 2 is 1.90 bits per heavy atom. The van der Waals surface area contributed by atoms with Crippen LogP contribution in [0.5, 0.6) is 11.5 Å². The topological polar surface area (TPSA) is 81.9 Å². The molecule has 1 aromatic carbocycles. The lowest BCUT2D eigenvalue weighted by atomic mass is 9.92. The van der Waals surface area contributed by atoms with Crippen LogP contribution in [0.25, 0.3) is 5.78 Å². The first-order valence-electron chi connectivity index (χ1n) is 10.0. The smallest absolute Gasteiger partial charge is 0.280 e. The molecule has 10 heteroatoms. The van der Waals surface area contributed by atoms with Crippen LogP contribution >= 0.6 is 0 Å². The van der Waals surface area contributed by atoms with Crippen LogP contribution in [0.2, 0.25) is 0 Å². The highest BCUT2D eigenvalue weighted by molar-refractivity contribution is 5.81. The number of rotatable bonds is 6. The number of methoxy groups -OCH3 is 1. The van der Waals surface area contributed by atoms with E-state index < -0.39 is 12.5 Å². The van der Waals surface area contributed by atoms with Gasteiger partial charge >= 0.3 is 0 Å².